The number of H-pyrrole nitrogens is 1. The van der Waals surface area contributed by atoms with E-state index in [4.69, 9.17) is 4.74 Å². The van der Waals surface area contributed by atoms with Crippen LogP contribution in [0.25, 0.3) is 10.9 Å². The first-order valence-electron chi connectivity index (χ1n) is 10.1. The van der Waals surface area contributed by atoms with Crippen LogP contribution in [0.15, 0.2) is 30.5 Å². The Morgan fingerprint density at radius 2 is 2.00 bits per heavy atom. The first-order chi connectivity index (χ1) is 13.6. The maximum absolute atomic E-state index is 13.1. The van der Waals surface area contributed by atoms with Gasteiger partial charge < -0.3 is 9.64 Å². The van der Waals surface area contributed by atoms with E-state index in [0.717, 1.165) is 54.5 Å². The fourth-order valence-electron chi connectivity index (χ4n) is 4.60. The van der Waals surface area contributed by atoms with Gasteiger partial charge in [-0.15, -0.1) is 0 Å². The quantitative estimate of drug-likeness (QED) is 0.741. The molecule has 0 radical (unpaired) electrons. The van der Waals surface area contributed by atoms with E-state index in [1.165, 1.54) is 0 Å². The van der Waals surface area contributed by atoms with Gasteiger partial charge in [-0.25, -0.2) is 0 Å². The highest BCUT2D eigenvalue weighted by atomic mass is 16.5. The molecular formula is C21H25N5O2. The number of benzene rings is 1. The van der Waals surface area contributed by atoms with Crippen LogP contribution in [0, 0.1) is 0 Å². The fraction of sp³-hybridized carbons (Fsp3) is 0.476. The van der Waals surface area contributed by atoms with Crippen molar-refractivity contribution in [2.24, 2.45) is 0 Å². The van der Waals surface area contributed by atoms with E-state index in [1.807, 2.05) is 37.1 Å². The lowest BCUT2D eigenvalue weighted by molar-refractivity contribution is -0.00703. The van der Waals surface area contributed by atoms with Crippen LogP contribution in [0.2, 0.25) is 0 Å². The summed E-state index contributed by atoms with van der Waals surface area (Å²) in [5.41, 5.74) is 3.70. The predicted molar refractivity (Wildman–Crippen MR) is 105 cm³/mol. The smallest absolute Gasteiger partial charge is 0.274 e. The van der Waals surface area contributed by atoms with Crippen LogP contribution in [0.5, 0.6) is 0 Å². The molecule has 28 heavy (non-hydrogen) atoms. The van der Waals surface area contributed by atoms with E-state index < -0.39 is 0 Å². The molecule has 0 bridgehead atoms. The summed E-state index contributed by atoms with van der Waals surface area (Å²) in [6, 6.07) is 8.61. The van der Waals surface area contributed by atoms with Crippen LogP contribution in [0.3, 0.4) is 0 Å². The molecule has 146 valence electrons. The van der Waals surface area contributed by atoms with Crippen LogP contribution in [0.1, 0.15) is 60.6 Å². The van der Waals surface area contributed by atoms with Crippen molar-refractivity contribution < 1.29 is 9.53 Å². The number of likely N-dealkylation sites (tertiary alicyclic amines) is 1. The van der Waals surface area contributed by atoms with E-state index in [2.05, 4.69) is 32.1 Å². The number of hydrogen-bond acceptors (Lipinski definition) is 4. The molecule has 7 heteroatoms. The number of ether oxygens (including phenoxy) is 1. The lowest BCUT2D eigenvalue weighted by Crippen LogP contribution is -2.40. The van der Waals surface area contributed by atoms with Crippen molar-refractivity contribution in [3.8, 4) is 0 Å². The van der Waals surface area contributed by atoms with Gasteiger partial charge in [0, 0.05) is 30.5 Å². The predicted octanol–water partition coefficient (Wildman–Crippen LogP) is 3.26. The molecule has 0 aliphatic carbocycles. The SMILES string of the molecule is C[C@@H]1Cc2c(C(=O)N3CCC(n4ncc5ccccc54)CC3)n[nH]c2[C@H](C)O1. The molecule has 3 aromatic rings. The van der Waals surface area contributed by atoms with Crippen LogP contribution < -0.4 is 0 Å². The number of amides is 1. The lowest BCUT2D eigenvalue weighted by Gasteiger charge is -2.32. The lowest BCUT2D eigenvalue weighted by atomic mass is 9.98. The van der Waals surface area contributed by atoms with Gasteiger partial charge in [0.05, 0.1) is 35.7 Å². The van der Waals surface area contributed by atoms with Crippen LogP contribution in [0.4, 0.5) is 0 Å². The van der Waals surface area contributed by atoms with Gasteiger partial charge in [0.1, 0.15) is 0 Å². The van der Waals surface area contributed by atoms with Crippen LogP contribution >= 0.6 is 0 Å². The number of nitrogens with zero attached hydrogens (tertiary/aromatic N) is 4. The summed E-state index contributed by atoms with van der Waals surface area (Å²) >= 11 is 0. The molecule has 1 amide bonds. The van der Waals surface area contributed by atoms with Gasteiger partial charge in [-0.1, -0.05) is 18.2 Å². The zero-order chi connectivity index (χ0) is 19.3. The Kier molecular flexibility index (Phi) is 4.19. The topological polar surface area (TPSA) is 76.0 Å². The van der Waals surface area contributed by atoms with Gasteiger partial charge in [-0.05, 0) is 32.8 Å². The molecule has 0 unspecified atom stereocenters. The molecule has 7 nitrogen and oxygen atoms in total. The Bertz CT molecular complexity index is 1010. The summed E-state index contributed by atoms with van der Waals surface area (Å²) < 4.78 is 7.96. The molecule has 1 N–H and O–H groups in total. The minimum atomic E-state index is -0.0494. The standard InChI is InChI=1S/C21H25N5O2/c1-13-11-17-19(14(2)28-13)23-24-20(17)21(27)25-9-7-16(8-10-25)26-18-6-4-3-5-15(18)12-22-26/h3-6,12-14,16H,7-11H2,1-2H3,(H,23,24)/t13-,14+/m1/s1. The Hall–Kier alpha value is -2.67. The normalized spacial score (nSPS) is 23.1. The van der Waals surface area contributed by atoms with Crippen molar-refractivity contribution in [1.82, 2.24) is 24.9 Å². The van der Waals surface area contributed by atoms with Crippen molar-refractivity contribution >= 4 is 16.8 Å². The molecule has 4 heterocycles. The van der Waals surface area contributed by atoms with Crippen LogP contribution in [-0.4, -0.2) is 50.0 Å². The Morgan fingerprint density at radius 1 is 1.21 bits per heavy atom. The van der Waals surface area contributed by atoms with E-state index in [0.29, 0.717) is 11.7 Å². The second-order valence-electron chi connectivity index (χ2n) is 7.93. The molecule has 2 aliphatic rings. The molecule has 2 atom stereocenters. The molecule has 0 spiro atoms. The third kappa shape index (κ3) is 2.81. The van der Waals surface area contributed by atoms with Crippen molar-refractivity contribution in [2.75, 3.05) is 13.1 Å². The number of nitrogens with one attached hydrogen (secondary N) is 1. The number of rotatable bonds is 2. The number of hydrogen-bond donors (Lipinski definition) is 1. The third-order valence-electron chi connectivity index (χ3n) is 6.04. The molecule has 1 fully saturated rings. The van der Waals surface area contributed by atoms with Gasteiger partial charge >= 0.3 is 0 Å². The van der Waals surface area contributed by atoms with E-state index >= 15 is 0 Å². The maximum Gasteiger partial charge on any atom is 0.274 e. The van der Waals surface area contributed by atoms with Gasteiger partial charge in [0.2, 0.25) is 0 Å². The summed E-state index contributed by atoms with van der Waals surface area (Å²) in [5.74, 6) is 0.0302. The van der Waals surface area contributed by atoms with Gasteiger partial charge in [-0.3, -0.25) is 14.6 Å². The zero-order valence-corrected chi connectivity index (χ0v) is 16.3. The highest BCUT2D eigenvalue weighted by Crippen LogP contribution is 2.32. The molecule has 1 saturated heterocycles. The van der Waals surface area contributed by atoms with Gasteiger partial charge in [-0.2, -0.15) is 10.2 Å². The fourth-order valence-corrected chi connectivity index (χ4v) is 4.60. The summed E-state index contributed by atoms with van der Waals surface area (Å²) in [5, 5.41) is 13.1. The van der Waals surface area contributed by atoms with Gasteiger partial charge in [0.15, 0.2) is 5.69 Å². The number of carbonyl (C=O) groups is 1. The van der Waals surface area contributed by atoms with E-state index in [1.54, 1.807) is 0 Å². The van der Waals surface area contributed by atoms with Crippen molar-refractivity contribution in [2.45, 2.75) is 51.4 Å². The van der Waals surface area contributed by atoms with Crippen molar-refractivity contribution in [3.63, 3.8) is 0 Å². The Labute approximate surface area is 163 Å². The highest BCUT2D eigenvalue weighted by molar-refractivity contribution is 5.94. The first kappa shape index (κ1) is 17.4. The first-order valence-corrected chi connectivity index (χ1v) is 10.1. The second-order valence-corrected chi connectivity index (χ2v) is 7.93. The average molecular weight is 379 g/mol. The summed E-state index contributed by atoms with van der Waals surface area (Å²) in [6.45, 7) is 5.49. The molecule has 0 saturated carbocycles. The van der Waals surface area contributed by atoms with E-state index in [-0.39, 0.29) is 18.1 Å². The molecule has 2 aliphatic heterocycles. The number of para-hydroxylation sites is 1. The largest absolute Gasteiger partial charge is 0.369 e. The number of aromatic amines is 1. The number of carbonyl (C=O) groups excluding carboxylic acids is 1. The number of fused-ring (bicyclic) bond motifs is 2. The average Bonchev–Trinajstić information content (AvgIpc) is 3.32. The van der Waals surface area contributed by atoms with Gasteiger partial charge in [0.25, 0.3) is 5.91 Å². The minimum Gasteiger partial charge on any atom is -0.369 e. The molecule has 5 rings (SSSR count). The Morgan fingerprint density at radius 3 is 2.82 bits per heavy atom. The minimum absolute atomic E-state index is 0.0302. The zero-order valence-electron chi connectivity index (χ0n) is 16.3. The number of aromatic nitrogens is 4. The summed E-state index contributed by atoms with van der Waals surface area (Å²) in [7, 11) is 0. The second kappa shape index (κ2) is 6.74. The third-order valence-corrected chi connectivity index (χ3v) is 6.04. The molecule has 2 aromatic heterocycles. The van der Waals surface area contributed by atoms with Crippen LogP contribution in [-0.2, 0) is 11.2 Å². The van der Waals surface area contributed by atoms with Crippen molar-refractivity contribution in [1.29, 1.82) is 0 Å². The maximum atomic E-state index is 13.1. The van der Waals surface area contributed by atoms with Crippen molar-refractivity contribution in [3.05, 3.63) is 47.4 Å². The Balaban J connectivity index is 1.32. The van der Waals surface area contributed by atoms with E-state index in [9.17, 15) is 4.79 Å². The number of piperidine rings is 1. The monoisotopic (exact) mass is 379 g/mol. The molecule has 1 aromatic carbocycles. The summed E-state index contributed by atoms with van der Waals surface area (Å²) in [6.07, 6.45) is 4.51. The molecular weight excluding hydrogens is 354 g/mol. The summed E-state index contributed by atoms with van der Waals surface area (Å²) in [4.78, 5) is 15.1. The highest BCUT2D eigenvalue weighted by Gasteiger charge is 2.33.